The first-order valence-corrected chi connectivity index (χ1v) is 7.37. The van der Waals surface area contributed by atoms with Crippen LogP contribution in [0.2, 0.25) is 0 Å². The minimum absolute atomic E-state index is 0.0883. The molecule has 2 amide bonds. The van der Waals surface area contributed by atoms with Crippen molar-refractivity contribution in [2.45, 2.75) is 25.0 Å². The highest BCUT2D eigenvalue weighted by Gasteiger charge is 2.40. The van der Waals surface area contributed by atoms with E-state index in [1.54, 1.807) is 19.1 Å². The van der Waals surface area contributed by atoms with E-state index in [1.807, 2.05) is 30.3 Å². The number of carbonyl (C=O) groups is 2. The molecule has 1 fully saturated rings. The smallest absolute Gasteiger partial charge is 0.242 e. The summed E-state index contributed by atoms with van der Waals surface area (Å²) < 4.78 is 10.8. The number of ether oxygens (including phenoxy) is 2. The lowest BCUT2D eigenvalue weighted by Crippen LogP contribution is -2.45. The van der Waals surface area contributed by atoms with Gasteiger partial charge in [0.15, 0.2) is 0 Å². The van der Waals surface area contributed by atoms with E-state index in [4.69, 9.17) is 9.47 Å². The molecule has 6 heteroatoms. The van der Waals surface area contributed by atoms with E-state index in [9.17, 15) is 9.59 Å². The largest absolute Gasteiger partial charge is 0.488 e. The second-order valence-electron chi connectivity index (χ2n) is 5.21. The fraction of sp³-hybridized carbons (Fsp3) is 0.500. The monoisotopic (exact) mass is 306 g/mol. The number of para-hydroxylation sites is 1. The predicted molar refractivity (Wildman–Crippen MR) is 81.5 cm³/mol. The number of rotatable bonds is 6. The molecule has 1 saturated heterocycles. The van der Waals surface area contributed by atoms with E-state index in [1.165, 1.54) is 0 Å². The Morgan fingerprint density at radius 2 is 2.05 bits per heavy atom. The SMILES string of the molecule is CNC(=O)[C@@H]1C[C@H](Oc2ccccc2)CN1C(=O)CCOC. The number of amides is 2. The Bertz CT molecular complexity index is 506. The molecule has 0 unspecified atom stereocenters. The molecule has 0 radical (unpaired) electrons. The highest BCUT2D eigenvalue weighted by molar-refractivity contribution is 5.88. The van der Waals surface area contributed by atoms with Crippen LogP contribution in [-0.4, -0.2) is 56.2 Å². The topological polar surface area (TPSA) is 67.9 Å². The second-order valence-corrected chi connectivity index (χ2v) is 5.21. The summed E-state index contributed by atoms with van der Waals surface area (Å²) in [6, 6.07) is 8.94. The van der Waals surface area contributed by atoms with Gasteiger partial charge < -0.3 is 19.7 Å². The zero-order valence-corrected chi connectivity index (χ0v) is 13.0. The van der Waals surface area contributed by atoms with Gasteiger partial charge in [0.2, 0.25) is 11.8 Å². The highest BCUT2D eigenvalue weighted by Crippen LogP contribution is 2.24. The number of methoxy groups -OCH3 is 1. The quantitative estimate of drug-likeness (QED) is 0.845. The number of nitrogens with zero attached hydrogens (tertiary/aromatic N) is 1. The average molecular weight is 306 g/mol. The summed E-state index contributed by atoms with van der Waals surface area (Å²) in [5, 5.41) is 2.61. The summed E-state index contributed by atoms with van der Waals surface area (Å²) in [5.41, 5.74) is 0. The van der Waals surface area contributed by atoms with Crippen LogP contribution in [0.25, 0.3) is 0 Å². The molecule has 2 atom stereocenters. The van der Waals surface area contributed by atoms with Crippen molar-refractivity contribution in [3.63, 3.8) is 0 Å². The van der Waals surface area contributed by atoms with Crippen LogP contribution in [0.3, 0.4) is 0 Å². The summed E-state index contributed by atoms with van der Waals surface area (Å²) in [6.07, 6.45) is 0.575. The number of likely N-dealkylation sites (N-methyl/N-ethyl adjacent to an activating group) is 1. The van der Waals surface area contributed by atoms with Gasteiger partial charge in [0.25, 0.3) is 0 Å². The number of carbonyl (C=O) groups excluding carboxylic acids is 2. The molecule has 0 saturated carbocycles. The molecule has 1 aliphatic heterocycles. The van der Waals surface area contributed by atoms with Crippen LogP contribution >= 0.6 is 0 Å². The molecule has 2 rings (SSSR count). The van der Waals surface area contributed by atoms with Gasteiger partial charge in [-0.25, -0.2) is 0 Å². The molecule has 120 valence electrons. The van der Waals surface area contributed by atoms with Gasteiger partial charge in [-0.1, -0.05) is 18.2 Å². The van der Waals surface area contributed by atoms with Gasteiger partial charge in [-0.2, -0.15) is 0 Å². The summed E-state index contributed by atoms with van der Waals surface area (Å²) in [6.45, 7) is 0.759. The van der Waals surface area contributed by atoms with Gasteiger partial charge in [0, 0.05) is 20.6 Å². The summed E-state index contributed by atoms with van der Waals surface area (Å²) in [5.74, 6) is 0.494. The lowest BCUT2D eigenvalue weighted by molar-refractivity contribution is -0.139. The Labute approximate surface area is 130 Å². The van der Waals surface area contributed by atoms with E-state index in [2.05, 4.69) is 5.32 Å². The Balaban J connectivity index is 2.04. The number of hydrogen-bond donors (Lipinski definition) is 1. The Hall–Kier alpha value is -2.08. The van der Waals surface area contributed by atoms with Gasteiger partial charge in [-0.05, 0) is 12.1 Å². The second kappa shape index (κ2) is 7.79. The minimum Gasteiger partial charge on any atom is -0.488 e. The van der Waals surface area contributed by atoms with Crippen LogP contribution in [0.5, 0.6) is 5.75 Å². The van der Waals surface area contributed by atoms with Crippen molar-refractivity contribution in [2.24, 2.45) is 0 Å². The zero-order valence-electron chi connectivity index (χ0n) is 13.0. The maximum absolute atomic E-state index is 12.2. The standard InChI is InChI=1S/C16H22N2O4/c1-17-16(20)14-10-13(22-12-6-4-3-5-7-12)11-18(14)15(19)8-9-21-2/h3-7,13-14H,8-11H2,1-2H3,(H,17,20)/t13-,14-/m0/s1. The molecule has 1 aliphatic rings. The fourth-order valence-electron chi connectivity index (χ4n) is 2.60. The first-order chi connectivity index (χ1) is 10.7. The molecule has 0 aromatic heterocycles. The number of nitrogens with one attached hydrogen (secondary N) is 1. The minimum atomic E-state index is -0.483. The van der Waals surface area contributed by atoms with E-state index < -0.39 is 6.04 Å². The van der Waals surface area contributed by atoms with Crippen molar-refractivity contribution in [1.82, 2.24) is 10.2 Å². The third kappa shape index (κ3) is 3.98. The van der Waals surface area contributed by atoms with Crippen molar-refractivity contribution < 1.29 is 19.1 Å². The molecular weight excluding hydrogens is 284 g/mol. The molecule has 1 N–H and O–H groups in total. The van der Waals surface area contributed by atoms with Crippen molar-refractivity contribution in [3.8, 4) is 5.75 Å². The van der Waals surface area contributed by atoms with Gasteiger partial charge in [0.1, 0.15) is 17.9 Å². The van der Waals surface area contributed by atoms with Crippen LogP contribution in [0.4, 0.5) is 0 Å². The number of likely N-dealkylation sites (tertiary alicyclic amines) is 1. The molecule has 0 aliphatic carbocycles. The van der Waals surface area contributed by atoms with E-state index in [-0.39, 0.29) is 24.3 Å². The van der Waals surface area contributed by atoms with Gasteiger partial charge >= 0.3 is 0 Å². The first-order valence-electron chi connectivity index (χ1n) is 7.37. The molecule has 6 nitrogen and oxygen atoms in total. The van der Waals surface area contributed by atoms with E-state index >= 15 is 0 Å². The summed E-state index contributed by atoms with van der Waals surface area (Å²) >= 11 is 0. The van der Waals surface area contributed by atoms with Crippen LogP contribution < -0.4 is 10.1 Å². The van der Waals surface area contributed by atoms with Crippen LogP contribution in [0, 0.1) is 0 Å². The predicted octanol–water partition coefficient (Wildman–Crippen LogP) is 0.817. The average Bonchev–Trinajstić information content (AvgIpc) is 2.96. The third-order valence-electron chi connectivity index (χ3n) is 3.70. The molecule has 0 spiro atoms. The molecule has 1 aromatic rings. The van der Waals surface area contributed by atoms with Crippen LogP contribution in [-0.2, 0) is 14.3 Å². The highest BCUT2D eigenvalue weighted by atomic mass is 16.5. The molecule has 1 heterocycles. The van der Waals surface area contributed by atoms with Crippen LogP contribution in [0.1, 0.15) is 12.8 Å². The van der Waals surface area contributed by atoms with Crippen molar-refractivity contribution in [3.05, 3.63) is 30.3 Å². The van der Waals surface area contributed by atoms with Crippen LogP contribution in [0.15, 0.2) is 30.3 Å². The van der Waals surface area contributed by atoms with Crippen molar-refractivity contribution >= 4 is 11.8 Å². The Morgan fingerprint density at radius 1 is 1.32 bits per heavy atom. The molecule has 0 bridgehead atoms. The third-order valence-corrected chi connectivity index (χ3v) is 3.70. The molecule has 1 aromatic carbocycles. The van der Waals surface area contributed by atoms with Crippen molar-refractivity contribution in [1.29, 1.82) is 0 Å². The normalized spacial score (nSPS) is 20.7. The first kappa shape index (κ1) is 16.3. The lowest BCUT2D eigenvalue weighted by Gasteiger charge is -2.22. The maximum Gasteiger partial charge on any atom is 0.242 e. The Morgan fingerprint density at radius 3 is 2.68 bits per heavy atom. The number of hydrogen-bond acceptors (Lipinski definition) is 4. The fourth-order valence-corrected chi connectivity index (χ4v) is 2.60. The maximum atomic E-state index is 12.2. The summed E-state index contributed by atoms with van der Waals surface area (Å²) in [4.78, 5) is 25.8. The van der Waals surface area contributed by atoms with Gasteiger partial charge in [-0.15, -0.1) is 0 Å². The zero-order chi connectivity index (χ0) is 15.9. The van der Waals surface area contributed by atoms with Gasteiger partial charge in [-0.3, -0.25) is 9.59 Å². The lowest BCUT2D eigenvalue weighted by atomic mass is 10.2. The van der Waals surface area contributed by atoms with Crippen molar-refractivity contribution in [2.75, 3.05) is 27.3 Å². The number of benzene rings is 1. The Kier molecular flexibility index (Phi) is 5.77. The molecule has 22 heavy (non-hydrogen) atoms. The van der Waals surface area contributed by atoms with E-state index in [0.29, 0.717) is 19.6 Å². The summed E-state index contributed by atoms with van der Waals surface area (Å²) in [7, 11) is 3.13. The van der Waals surface area contributed by atoms with Gasteiger partial charge in [0.05, 0.1) is 19.6 Å². The molecular formula is C16H22N2O4. The van der Waals surface area contributed by atoms with E-state index in [0.717, 1.165) is 5.75 Å².